The van der Waals surface area contributed by atoms with E-state index >= 15 is 0 Å². The highest BCUT2D eigenvalue weighted by Gasteiger charge is 2.51. The highest BCUT2D eigenvalue weighted by atomic mass is 16.2. The summed E-state index contributed by atoms with van der Waals surface area (Å²) < 4.78 is 0. The van der Waals surface area contributed by atoms with Crippen LogP contribution in [-0.2, 0) is 14.4 Å². The van der Waals surface area contributed by atoms with E-state index in [9.17, 15) is 14.4 Å². The topological polar surface area (TPSA) is 66.5 Å². The van der Waals surface area contributed by atoms with Gasteiger partial charge in [-0.15, -0.1) is 0 Å². The number of fused-ring (bicyclic) bond motifs is 1. The van der Waals surface area contributed by atoms with Crippen LogP contribution >= 0.6 is 0 Å². The largest absolute Gasteiger partial charge is 0.349 e. The monoisotopic (exact) mass is 236 g/mol. The summed E-state index contributed by atoms with van der Waals surface area (Å²) in [5, 5.41) is 2.77. The molecule has 0 spiro atoms. The fourth-order valence-electron chi connectivity index (χ4n) is 2.67. The normalized spacial score (nSPS) is 32.3. The molecule has 2 aliphatic rings. The van der Waals surface area contributed by atoms with Crippen molar-refractivity contribution in [1.82, 2.24) is 10.2 Å². The highest BCUT2D eigenvalue weighted by molar-refractivity contribution is 6.05. The van der Waals surface area contributed by atoms with E-state index in [0.717, 1.165) is 5.57 Å². The Morgan fingerprint density at radius 2 is 2.06 bits per heavy atom. The maximum Gasteiger partial charge on any atom is 0.235 e. The van der Waals surface area contributed by atoms with Gasteiger partial charge in [-0.3, -0.25) is 19.3 Å². The summed E-state index contributed by atoms with van der Waals surface area (Å²) in [6.07, 6.45) is 2.52. The summed E-state index contributed by atoms with van der Waals surface area (Å²) in [7, 11) is 1.50. The number of rotatable bonds is 1. The molecule has 1 saturated heterocycles. The number of likely N-dealkylation sites (tertiary alicyclic amines) is 1. The van der Waals surface area contributed by atoms with Crippen molar-refractivity contribution in [3.63, 3.8) is 0 Å². The number of allylic oxidation sites excluding steroid dienone is 1. The number of imide groups is 1. The summed E-state index contributed by atoms with van der Waals surface area (Å²) in [6.45, 7) is 3.30. The van der Waals surface area contributed by atoms with E-state index in [1.165, 1.54) is 18.9 Å². The highest BCUT2D eigenvalue weighted by Crippen LogP contribution is 2.37. The minimum atomic E-state index is -0.429. The zero-order valence-electron chi connectivity index (χ0n) is 10.2. The Bertz CT molecular complexity index is 427. The second kappa shape index (κ2) is 3.98. The zero-order valence-corrected chi connectivity index (χ0v) is 10.2. The summed E-state index contributed by atoms with van der Waals surface area (Å²) in [6, 6.07) is -0.340. The number of hydrogen-bond acceptors (Lipinski definition) is 3. The second-order valence-electron chi connectivity index (χ2n) is 4.73. The molecule has 92 valence electrons. The van der Waals surface area contributed by atoms with Gasteiger partial charge in [0.1, 0.15) is 0 Å². The molecular weight excluding hydrogens is 220 g/mol. The number of hydrogen-bond donors (Lipinski definition) is 1. The maximum atomic E-state index is 12.0. The first-order valence-corrected chi connectivity index (χ1v) is 5.68. The molecule has 0 bridgehead atoms. The lowest BCUT2D eigenvalue weighted by Crippen LogP contribution is -2.46. The first-order chi connectivity index (χ1) is 7.93. The number of carbonyl (C=O) groups is 3. The van der Waals surface area contributed by atoms with Gasteiger partial charge in [0.25, 0.3) is 0 Å². The van der Waals surface area contributed by atoms with Gasteiger partial charge in [0.15, 0.2) is 0 Å². The number of nitrogens with zero attached hydrogens (tertiary/aromatic N) is 1. The smallest absolute Gasteiger partial charge is 0.235 e. The molecule has 1 aliphatic carbocycles. The third-order valence-corrected chi connectivity index (χ3v) is 3.60. The Hall–Kier alpha value is -1.65. The Kier molecular flexibility index (Phi) is 2.77. The lowest BCUT2D eigenvalue weighted by Gasteiger charge is -2.30. The SMILES string of the molecule is CC(=O)N[C@@H]1C(C)=CC[C@@H]2C(=O)N(C)C(=O)[C@@H]21. The first kappa shape index (κ1) is 11.8. The molecule has 3 amide bonds. The maximum absolute atomic E-state index is 12.0. The molecule has 0 aromatic rings. The molecular formula is C12H16N2O3. The van der Waals surface area contributed by atoms with Crippen LogP contribution < -0.4 is 5.32 Å². The molecule has 1 fully saturated rings. The average Bonchev–Trinajstić information content (AvgIpc) is 2.47. The van der Waals surface area contributed by atoms with Crippen LogP contribution in [0.15, 0.2) is 11.6 Å². The molecule has 5 nitrogen and oxygen atoms in total. The van der Waals surface area contributed by atoms with E-state index in [-0.39, 0.29) is 29.7 Å². The first-order valence-electron chi connectivity index (χ1n) is 5.68. The Labute approximate surface area is 99.8 Å². The molecule has 0 saturated carbocycles. The van der Waals surface area contributed by atoms with Crippen LogP contribution in [0, 0.1) is 11.8 Å². The van der Waals surface area contributed by atoms with Crippen molar-refractivity contribution in [2.75, 3.05) is 7.05 Å². The van der Waals surface area contributed by atoms with Gasteiger partial charge in [0, 0.05) is 14.0 Å². The number of nitrogens with one attached hydrogen (secondary N) is 1. The summed E-state index contributed by atoms with van der Waals surface area (Å²) in [5.41, 5.74) is 0.956. The fraction of sp³-hybridized carbons (Fsp3) is 0.583. The molecule has 1 N–H and O–H groups in total. The van der Waals surface area contributed by atoms with Crippen molar-refractivity contribution in [3.8, 4) is 0 Å². The Morgan fingerprint density at radius 1 is 1.41 bits per heavy atom. The van der Waals surface area contributed by atoms with Crippen LogP contribution in [0.4, 0.5) is 0 Å². The van der Waals surface area contributed by atoms with Crippen LogP contribution in [0.2, 0.25) is 0 Å². The van der Waals surface area contributed by atoms with Gasteiger partial charge >= 0.3 is 0 Å². The van der Waals surface area contributed by atoms with E-state index in [0.29, 0.717) is 6.42 Å². The van der Waals surface area contributed by atoms with E-state index in [1.807, 2.05) is 13.0 Å². The predicted molar refractivity (Wildman–Crippen MR) is 60.7 cm³/mol. The third kappa shape index (κ3) is 1.75. The second-order valence-corrected chi connectivity index (χ2v) is 4.73. The molecule has 0 unspecified atom stereocenters. The fourth-order valence-corrected chi connectivity index (χ4v) is 2.67. The minimum absolute atomic E-state index is 0.140. The Balaban J connectivity index is 2.34. The van der Waals surface area contributed by atoms with Gasteiger partial charge in [-0.2, -0.15) is 0 Å². The summed E-state index contributed by atoms with van der Waals surface area (Å²) in [4.78, 5) is 36.2. The van der Waals surface area contributed by atoms with Crippen molar-refractivity contribution in [2.24, 2.45) is 11.8 Å². The van der Waals surface area contributed by atoms with Crippen molar-refractivity contribution in [2.45, 2.75) is 26.3 Å². The van der Waals surface area contributed by atoms with Crippen molar-refractivity contribution in [3.05, 3.63) is 11.6 Å². The quantitative estimate of drug-likeness (QED) is 0.517. The number of carbonyl (C=O) groups excluding carboxylic acids is 3. The number of amides is 3. The molecule has 1 aliphatic heterocycles. The molecule has 3 atom stereocenters. The van der Waals surface area contributed by atoms with Crippen LogP contribution in [0.25, 0.3) is 0 Å². The van der Waals surface area contributed by atoms with Crippen LogP contribution in [0.1, 0.15) is 20.3 Å². The predicted octanol–water partition coefficient (Wildman–Crippen LogP) is 0.0721. The van der Waals surface area contributed by atoms with Gasteiger partial charge in [-0.25, -0.2) is 0 Å². The van der Waals surface area contributed by atoms with Gasteiger partial charge in [-0.05, 0) is 13.3 Å². The molecule has 0 radical (unpaired) electrons. The molecule has 0 aromatic carbocycles. The van der Waals surface area contributed by atoms with E-state index in [2.05, 4.69) is 5.32 Å². The standard InChI is InChI=1S/C12H16N2O3/c1-6-4-5-8-9(10(6)13-7(2)15)12(17)14(3)11(8)16/h4,8-10H,5H2,1-3H3,(H,13,15)/t8-,9-,10+/m0/s1. The van der Waals surface area contributed by atoms with Crippen LogP contribution in [-0.4, -0.2) is 35.7 Å². The van der Waals surface area contributed by atoms with Crippen LogP contribution in [0.5, 0.6) is 0 Å². The molecule has 0 aromatic heterocycles. The van der Waals surface area contributed by atoms with E-state index < -0.39 is 5.92 Å². The van der Waals surface area contributed by atoms with Gasteiger partial charge in [-0.1, -0.05) is 11.6 Å². The van der Waals surface area contributed by atoms with E-state index in [4.69, 9.17) is 0 Å². The molecule has 17 heavy (non-hydrogen) atoms. The summed E-state index contributed by atoms with van der Waals surface area (Å²) >= 11 is 0. The molecule has 5 heteroatoms. The van der Waals surface area contributed by atoms with Crippen molar-refractivity contribution < 1.29 is 14.4 Å². The van der Waals surface area contributed by atoms with Crippen molar-refractivity contribution in [1.29, 1.82) is 0 Å². The lowest BCUT2D eigenvalue weighted by atomic mass is 9.78. The van der Waals surface area contributed by atoms with Crippen molar-refractivity contribution >= 4 is 17.7 Å². The average molecular weight is 236 g/mol. The molecule has 1 heterocycles. The van der Waals surface area contributed by atoms with Crippen LogP contribution in [0.3, 0.4) is 0 Å². The minimum Gasteiger partial charge on any atom is -0.349 e. The van der Waals surface area contributed by atoms with Gasteiger partial charge < -0.3 is 5.32 Å². The van der Waals surface area contributed by atoms with Gasteiger partial charge in [0.2, 0.25) is 17.7 Å². The lowest BCUT2D eigenvalue weighted by molar-refractivity contribution is -0.138. The van der Waals surface area contributed by atoms with E-state index in [1.54, 1.807) is 0 Å². The van der Waals surface area contributed by atoms with Gasteiger partial charge in [0.05, 0.1) is 17.9 Å². The third-order valence-electron chi connectivity index (χ3n) is 3.60. The zero-order chi connectivity index (χ0) is 12.7. The Morgan fingerprint density at radius 3 is 2.65 bits per heavy atom. The molecule has 2 rings (SSSR count). The summed E-state index contributed by atoms with van der Waals surface area (Å²) in [5.74, 6) is -1.25.